The van der Waals surface area contributed by atoms with Crippen LogP contribution < -0.4 is 15.4 Å². The maximum Gasteiger partial charge on any atom is 0.337 e. The van der Waals surface area contributed by atoms with Gasteiger partial charge in [-0.15, -0.1) is 0 Å². The first-order chi connectivity index (χ1) is 18.4. The molecule has 5 aromatic rings. The Balaban J connectivity index is 1.34. The molecule has 0 aliphatic heterocycles. The van der Waals surface area contributed by atoms with Crippen LogP contribution in [0, 0.1) is 5.82 Å². The number of rotatable bonds is 8. The van der Waals surface area contributed by atoms with Crippen molar-refractivity contribution in [3.63, 3.8) is 0 Å². The first-order valence-corrected chi connectivity index (χ1v) is 11.5. The predicted octanol–water partition coefficient (Wildman–Crippen LogP) is 5.00. The van der Waals surface area contributed by atoms with Gasteiger partial charge in [0.1, 0.15) is 11.5 Å². The number of halogens is 1. The summed E-state index contributed by atoms with van der Waals surface area (Å²) in [5, 5.41) is 21.1. The molecule has 0 atom stereocenters. The number of fused-ring (bicyclic) bond motifs is 1. The third kappa shape index (κ3) is 5.31. The van der Waals surface area contributed by atoms with Gasteiger partial charge < -0.3 is 25.2 Å². The highest BCUT2D eigenvalue weighted by Gasteiger charge is 2.13. The first-order valence-electron chi connectivity index (χ1n) is 11.5. The van der Waals surface area contributed by atoms with E-state index in [1.165, 1.54) is 19.2 Å². The molecule has 0 spiro atoms. The molecule has 192 valence electrons. The van der Waals surface area contributed by atoms with E-state index in [1.54, 1.807) is 42.1 Å². The van der Waals surface area contributed by atoms with Gasteiger partial charge in [0.2, 0.25) is 5.95 Å². The van der Waals surface area contributed by atoms with Gasteiger partial charge in [-0.05, 0) is 42.5 Å². The number of aromatic hydroxyl groups is 1. The van der Waals surface area contributed by atoms with Gasteiger partial charge in [0.15, 0.2) is 11.6 Å². The molecule has 0 amide bonds. The van der Waals surface area contributed by atoms with E-state index in [2.05, 4.69) is 25.7 Å². The van der Waals surface area contributed by atoms with E-state index in [0.29, 0.717) is 29.2 Å². The van der Waals surface area contributed by atoms with Crippen molar-refractivity contribution in [2.24, 2.45) is 0 Å². The van der Waals surface area contributed by atoms with Gasteiger partial charge in [0.05, 0.1) is 38.0 Å². The van der Waals surface area contributed by atoms with Crippen molar-refractivity contribution < 1.29 is 23.8 Å². The number of nitrogens with one attached hydrogen (secondary N) is 2. The van der Waals surface area contributed by atoms with Crippen LogP contribution in [-0.4, -0.2) is 45.0 Å². The van der Waals surface area contributed by atoms with Crippen molar-refractivity contribution in [1.82, 2.24) is 19.7 Å². The minimum absolute atomic E-state index is 0.0365. The molecule has 0 saturated heterocycles. The van der Waals surface area contributed by atoms with Crippen molar-refractivity contribution in [2.45, 2.75) is 6.54 Å². The first kappa shape index (κ1) is 24.5. The molecule has 0 bridgehead atoms. The fourth-order valence-electron chi connectivity index (χ4n) is 3.89. The molecule has 11 heteroatoms. The summed E-state index contributed by atoms with van der Waals surface area (Å²) < 4.78 is 26.3. The van der Waals surface area contributed by atoms with Crippen LogP contribution in [-0.2, 0) is 11.3 Å². The molecular formula is C27H23FN6O4. The van der Waals surface area contributed by atoms with E-state index in [-0.39, 0.29) is 17.5 Å². The van der Waals surface area contributed by atoms with Crippen LogP contribution >= 0.6 is 0 Å². The normalized spacial score (nSPS) is 10.8. The van der Waals surface area contributed by atoms with Gasteiger partial charge >= 0.3 is 5.97 Å². The molecule has 38 heavy (non-hydrogen) atoms. The van der Waals surface area contributed by atoms with Crippen molar-refractivity contribution in [2.75, 3.05) is 24.9 Å². The van der Waals surface area contributed by atoms with Gasteiger partial charge in [0, 0.05) is 34.6 Å². The lowest BCUT2D eigenvalue weighted by Gasteiger charge is -2.10. The van der Waals surface area contributed by atoms with Crippen LogP contribution in [0.15, 0.2) is 73.1 Å². The molecule has 0 unspecified atom stereocenters. The number of hydrogen-bond donors (Lipinski definition) is 3. The number of ether oxygens (including phenoxy) is 2. The summed E-state index contributed by atoms with van der Waals surface area (Å²) in [6.07, 6.45) is 2.96. The highest BCUT2D eigenvalue weighted by Crippen LogP contribution is 2.26. The number of benzene rings is 3. The second kappa shape index (κ2) is 10.4. The Morgan fingerprint density at radius 1 is 1.05 bits per heavy atom. The van der Waals surface area contributed by atoms with Crippen molar-refractivity contribution >= 4 is 40.0 Å². The Morgan fingerprint density at radius 3 is 2.68 bits per heavy atom. The summed E-state index contributed by atoms with van der Waals surface area (Å²) in [6, 6.07) is 17.0. The molecule has 5 rings (SSSR count). The summed E-state index contributed by atoms with van der Waals surface area (Å²) in [4.78, 5) is 20.1. The molecule has 0 aliphatic rings. The summed E-state index contributed by atoms with van der Waals surface area (Å²) >= 11 is 0. The molecule has 0 radical (unpaired) electrons. The number of esters is 1. The zero-order valence-corrected chi connectivity index (χ0v) is 20.5. The standard InChI is InChI=1S/C27H23FN6O4/c1-37-24-10-16(26(36)38-2)6-7-18(24)15-34-14-17-8-9-20(12-23(17)33-34)31-27-29-13-22(28)25(32-27)30-19-4-3-5-21(35)11-19/h3-14,35H,15H2,1-2H3,(H2,29,30,31,32). The largest absolute Gasteiger partial charge is 0.508 e. The van der Waals surface area contributed by atoms with Gasteiger partial charge in [-0.25, -0.2) is 14.2 Å². The fraction of sp³-hybridized carbons (Fsp3) is 0.111. The third-order valence-electron chi connectivity index (χ3n) is 5.70. The number of nitrogens with zero attached hydrogens (tertiary/aromatic N) is 4. The minimum atomic E-state index is -0.636. The number of carbonyl (C=O) groups excluding carboxylic acids is 1. The zero-order valence-electron chi connectivity index (χ0n) is 20.5. The molecule has 2 aromatic heterocycles. The molecule has 0 aliphatic carbocycles. The Labute approximate surface area is 216 Å². The molecular weight excluding hydrogens is 491 g/mol. The van der Waals surface area contributed by atoms with Crippen LogP contribution in [0.5, 0.6) is 11.5 Å². The summed E-state index contributed by atoms with van der Waals surface area (Å²) in [6.45, 7) is 0.424. The predicted molar refractivity (Wildman–Crippen MR) is 140 cm³/mol. The number of anilines is 4. The van der Waals surface area contributed by atoms with Gasteiger partial charge in [-0.3, -0.25) is 4.68 Å². The molecule has 10 nitrogen and oxygen atoms in total. The second-order valence-corrected chi connectivity index (χ2v) is 8.31. The van der Waals surface area contributed by atoms with E-state index in [9.17, 15) is 14.3 Å². The maximum atomic E-state index is 14.3. The summed E-state index contributed by atoms with van der Waals surface area (Å²) in [5.41, 5.74) is 3.12. The van der Waals surface area contributed by atoms with Crippen LogP contribution in [0.25, 0.3) is 10.9 Å². The third-order valence-corrected chi connectivity index (χ3v) is 5.70. The number of hydrogen-bond acceptors (Lipinski definition) is 9. The minimum Gasteiger partial charge on any atom is -0.508 e. The van der Waals surface area contributed by atoms with Gasteiger partial charge in [-0.2, -0.15) is 10.1 Å². The maximum absolute atomic E-state index is 14.3. The van der Waals surface area contributed by atoms with Crippen molar-refractivity contribution in [3.05, 3.63) is 90.0 Å². The molecule has 3 aromatic carbocycles. The lowest BCUT2D eigenvalue weighted by molar-refractivity contribution is 0.0600. The lowest BCUT2D eigenvalue weighted by atomic mass is 10.1. The van der Waals surface area contributed by atoms with E-state index in [1.807, 2.05) is 24.4 Å². The topological polar surface area (TPSA) is 123 Å². The number of phenolic OH excluding ortho intramolecular Hbond substituents is 1. The number of aromatic nitrogens is 4. The smallest absolute Gasteiger partial charge is 0.337 e. The van der Waals surface area contributed by atoms with Crippen molar-refractivity contribution in [1.29, 1.82) is 0 Å². The van der Waals surface area contributed by atoms with E-state index in [4.69, 9.17) is 9.47 Å². The van der Waals surface area contributed by atoms with Crippen LogP contribution in [0.4, 0.5) is 27.5 Å². The quantitative estimate of drug-likeness (QED) is 0.245. The fourth-order valence-corrected chi connectivity index (χ4v) is 3.89. The number of phenols is 1. The highest BCUT2D eigenvalue weighted by atomic mass is 19.1. The highest BCUT2D eigenvalue weighted by molar-refractivity contribution is 5.90. The van der Waals surface area contributed by atoms with Gasteiger partial charge in [-0.1, -0.05) is 12.1 Å². The van der Waals surface area contributed by atoms with Gasteiger partial charge in [0.25, 0.3) is 0 Å². The Kier molecular flexibility index (Phi) is 6.72. The van der Waals surface area contributed by atoms with E-state index < -0.39 is 11.8 Å². The second-order valence-electron chi connectivity index (χ2n) is 8.31. The molecule has 0 fully saturated rings. The summed E-state index contributed by atoms with van der Waals surface area (Å²) in [5.74, 6) is -0.324. The summed E-state index contributed by atoms with van der Waals surface area (Å²) in [7, 11) is 2.87. The molecule has 2 heterocycles. The van der Waals surface area contributed by atoms with E-state index >= 15 is 0 Å². The SMILES string of the molecule is COC(=O)c1ccc(Cn2cc3ccc(Nc4ncc(F)c(Nc5cccc(O)c5)n4)cc3n2)c(OC)c1. The Morgan fingerprint density at radius 2 is 1.89 bits per heavy atom. The Bertz CT molecular complexity index is 1640. The molecule has 0 saturated carbocycles. The lowest BCUT2D eigenvalue weighted by Crippen LogP contribution is -2.05. The zero-order chi connectivity index (χ0) is 26.6. The van der Waals surface area contributed by atoms with Crippen LogP contribution in [0.1, 0.15) is 15.9 Å². The number of carbonyl (C=O) groups is 1. The number of methoxy groups -OCH3 is 2. The van der Waals surface area contributed by atoms with E-state index in [0.717, 1.165) is 22.7 Å². The van der Waals surface area contributed by atoms with Crippen LogP contribution in [0.2, 0.25) is 0 Å². The van der Waals surface area contributed by atoms with Crippen molar-refractivity contribution in [3.8, 4) is 11.5 Å². The molecule has 3 N–H and O–H groups in total. The average molecular weight is 515 g/mol. The van der Waals surface area contributed by atoms with Crippen LogP contribution in [0.3, 0.4) is 0 Å². The average Bonchev–Trinajstić information content (AvgIpc) is 3.32. The monoisotopic (exact) mass is 514 g/mol. The Hall–Kier alpha value is -5.19.